The highest BCUT2D eigenvalue weighted by Gasteiger charge is 2.20. The van der Waals surface area contributed by atoms with Gasteiger partial charge < -0.3 is 9.99 Å². The minimum Gasteiger partial charge on any atom is -0.331 e. The van der Waals surface area contributed by atoms with Crippen molar-refractivity contribution in [3.05, 3.63) is 23.7 Å². The summed E-state index contributed by atoms with van der Waals surface area (Å²) >= 11 is 1.82. The van der Waals surface area contributed by atoms with Crippen LogP contribution in [0, 0.1) is 0 Å². The van der Waals surface area contributed by atoms with Gasteiger partial charge in [0.1, 0.15) is 5.82 Å². The van der Waals surface area contributed by atoms with E-state index in [4.69, 9.17) is 5.84 Å². The number of hydrogen-bond donors (Lipinski definition) is 2. The second-order valence-electron chi connectivity index (χ2n) is 3.82. The van der Waals surface area contributed by atoms with Crippen molar-refractivity contribution in [3.63, 3.8) is 0 Å². The van der Waals surface area contributed by atoms with Gasteiger partial charge in [0.15, 0.2) is 11.6 Å². The molecule has 0 unspecified atom stereocenters. The summed E-state index contributed by atoms with van der Waals surface area (Å²) in [5.74, 6) is 9.40. The van der Waals surface area contributed by atoms with Crippen molar-refractivity contribution in [1.29, 1.82) is 0 Å². The molecule has 2 aromatic heterocycles. The van der Waals surface area contributed by atoms with E-state index in [0.29, 0.717) is 11.6 Å². The van der Waals surface area contributed by atoms with Gasteiger partial charge >= 0.3 is 0 Å². The van der Waals surface area contributed by atoms with Crippen LogP contribution in [0.1, 0.15) is 11.3 Å². The molecule has 6 nitrogen and oxygen atoms in total. The molecule has 0 aliphatic carbocycles. The number of aryl methyl sites for hydroxylation is 1. The lowest BCUT2D eigenvalue weighted by molar-refractivity contribution is 0.900. The Labute approximate surface area is 103 Å². The summed E-state index contributed by atoms with van der Waals surface area (Å²) in [6, 6.07) is 0. The minimum atomic E-state index is 0.617. The van der Waals surface area contributed by atoms with Crippen LogP contribution in [-0.2, 0) is 18.6 Å². The zero-order chi connectivity index (χ0) is 11.8. The molecule has 0 saturated heterocycles. The van der Waals surface area contributed by atoms with Gasteiger partial charge in [-0.2, -0.15) is 11.8 Å². The molecule has 3 rings (SSSR count). The molecule has 0 saturated carbocycles. The minimum absolute atomic E-state index is 0.617. The number of nitrogens with two attached hydrogens (primary N) is 1. The SMILES string of the molecule is Cn1ccnc1-c1nc2c(c(NN)n1)CSC2. The number of rotatable bonds is 2. The number of nitrogens with one attached hydrogen (secondary N) is 1. The van der Waals surface area contributed by atoms with Gasteiger partial charge in [-0.3, -0.25) is 0 Å². The first-order valence-corrected chi connectivity index (χ1v) is 6.37. The maximum Gasteiger partial charge on any atom is 0.198 e. The van der Waals surface area contributed by atoms with Crippen LogP contribution in [0.4, 0.5) is 5.82 Å². The number of nitrogen functional groups attached to an aromatic ring is 1. The van der Waals surface area contributed by atoms with Gasteiger partial charge in [0.05, 0.1) is 5.69 Å². The molecule has 1 aliphatic rings. The van der Waals surface area contributed by atoms with Gasteiger partial charge in [-0.05, 0) is 0 Å². The Morgan fingerprint density at radius 3 is 3.00 bits per heavy atom. The van der Waals surface area contributed by atoms with Crippen LogP contribution < -0.4 is 11.3 Å². The monoisotopic (exact) mass is 248 g/mol. The Hall–Kier alpha value is -1.60. The first-order valence-electron chi connectivity index (χ1n) is 5.21. The largest absolute Gasteiger partial charge is 0.331 e. The van der Waals surface area contributed by atoms with Crippen LogP contribution in [0.5, 0.6) is 0 Å². The molecule has 0 aromatic carbocycles. The van der Waals surface area contributed by atoms with Gasteiger partial charge in [0.25, 0.3) is 0 Å². The lowest BCUT2D eigenvalue weighted by atomic mass is 10.2. The van der Waals surface area contributed by atoms with E-state index in [1.54, 1.807) is 6.20 Å². The second-order valence-corrected chi connectivity index (χ2v) is 4.81. The maximum atomic E-state index is 5.51. The van der Waals surface area contributed by atoms with E-state index >= 15 is 0 Å². The molecule has 0 fully saturated rings. The normalized spacial score (nSPS) is 13.8. The Bertz CT molecular complexity index is 564. The first-order chi connectivity index (χ1) is 8.29. The molecule has 17 heavy (non-hydrogen) atoms. The van der Waals surface area contributed by atoms with Crippen LogP contribution >= 0.6 is 11.8 Å². The van der Waals surface area contributed by atoms with E-state index < -0.39 is 0 Å². The van der Waals surface area contributed by atoms with Gasteiger partial charge in [0.2, 0.25) is 0 Å². The Morgan fingerprint density at radius 1 is 1.41 bits per heavy atom. The molecule has 1 aliphatic heterocycles. The highest BCUT2D eigenvalue weighted by atomic mass is 32.2. The molecule has 0 radical (unpaired) electrons. The standard InChI is InChI=1S/C10H12N6S/c1-16-3-2-12-10(16)9-13-7-5-17-4-6(7)8(14-9)15-11/h2-3H,4-5,11H2,1H3,(H,13,14,15). The molecule has 0 amide bonds. The zero-order valence-corrected chi connectivity index (χ0v) is 10.2. The molecule has 0 bridgehead atoms. The summed E-state index contributed by atoms with van der Waals surface area (Å²) in [6.45, 7) is 0. The predicted octanol–water partition coefficient (Wildman–Crippen LogP) is 0.909. The molecule has 7 heteroatoms. The number of fused-ring (bicyclic) bond motifs is 1. The van der Waals surface area contributed by atoms with E-state index in [9.17, 15) is 0 Å². The van der Waals surface area contributed by atoms with Crippen molar-refractivity contribution in [1.82, 2.24) is 19.5 Å². The molecule has 3 N–H and O–H groups in total. The van der Waals surface area contributed by atoms with Crippen molar-refractivity contribution in [2.75, 3.05) is 5.43 Å². The summed E-state index contributed by atoms with van der Waals surface area (Å²) in [5.41, 5.74) is 4.81. The Kier molecular flexibility index (Phi) is 2.49. The fourth-order valence-electron chi connectivity index (χ4n) is 1.85. The van der Waals surface area contributed by atoms with E-state index in [1.807, 2.05) is 29.6 Å². The quantitative estimate of drug-likeness (QED) is 0.607. The summed E-state index contributed by atoms with van der Waals surface area (Å²) in [5, 5.41) is 0. The molecule has 0 atom stereocenters. The third kappa shape index (κ3) is 1.67. The Morgan fingerprint density at radius 2 is 2.29 bits per heavy atom. The molecule has 0 spiro atoms. The highest BCUT2D eigenvalue weighted by molar-refractivity contribution is 7.98. The predicted molar refractivity (Wildman–Crippen MR) is 67.0 cm³/mol. The van der Waals surface area contributed by atoms with E-state index in [1.165, 1.54) is 0 Å². The number of hydrazine groups is 1. The van der Waals surface area contributed by atoms with Gasteiger partial charge in [-0.15, -0.1) is 0 Å². The van der Waals surface area contributed by atoms with Crippen molar-refractivity contribution < 1.29 is 0 Å². The molecule has 88 valence electrons. The summed E-state index contributed by atoms with van der Waals surface area (Å²) < 4.78 is 1.89. The van der Waals surface area contributed by atoms with Crippen molar-refractivity contribution in [2.45, 2.75) is 11.5 Å². The van der Waals surface area contributed by atoms with Crippen LogP contribution in [0.2, 0.25) is 0 Å². The van der Waals surface area contributed by atoms with Crippen molar-refractivity contribution in [2.24, 2.45) is 12.9 Å². The fraction of sp³-hybridized carbons (Fsp3) is 0.300. The van der Waals surface area contributed by atoms with Gasteiger partial charge in [0, 0.05) is 36.5 Å². The second kappa shape index (κ2) is 4.01. The Balaban J connectivity index is 2.16. The third-order valence-electron chi connectivity index (χ3n) is 2.74. The van der Waals surface area contributed by atoms with E-state index in [-0.39, 0.29) is 0 Å². The lowest BCUT2D eigenvalue weighted by Gasteiger charge is -2.08. The number of imidazole rings is 1. The summed E-state index contributed by atoms with van der Waals surface area (Å²) in [7, 11) is 1.92. The number of aromatic nitrogens is 4. The lowest BCUT2D eigenvalue weighted by Crippen LogP contribution is -2.13. The number of hydrogen-bond acceptors (Lipinski definition) is 6. The van der Waals surface area contributed by atoms with Crippen LogP contribution in [-0.4, -0.2) is 19.5 Å². The van der Waals surface area contributed by atoms with Gasteiger partial charge in [-0.1, -0.05) is 0 Å². The topological polar surface area (TPSA) is 81.7 Å². The molecule has 2 aromatic rings. The average Bonchev–Trinajstić information content (AvgIpc) is 2.95. The van der Waals surface area contributed by atoms with E-state index in [2.05, 4.69) is 20.4 Å². The number of anilines is 1. The molecule has 3 heterocycles. The zero-order valence-electron chi connectivity index (χ0n) is 9.34. The molecular formula is C10H12N6S. The van der Waals surface area contributed by atoms with Crippen LogP contribution in [0.25, 0.3) is 11.6 Å². The third-order valence-corrected chi connectivity index (χ3v) is 3.71. The van der Waals surface area contributed by atoms with Crippen molar-refractivity contribution in [3.8, 4) is 11.6 Å². The van der Waals surface area contributed by atoms with E-state index in [0.717, 1.165) is 28.6 Å². The fourth-order valence-corrected chi connectivity index (χ4v) is 2.89. The first kappa shape index (κ1) is 10.5. The number of nitrogens with zero attached hydrogens (tertiary/aromatic N) is 4. The summed E-state index contributed by atoms with van der Waals surface area (Å²) in [6.07, 6.45) is 3.60. The number of thioether (sulfide) groups is 1. The summed E-state index contributed by atoms with van der Waals surface area (Å²) in [4.78, 5) is 13.2. The van der Waals surface area contributed by atoms with Crippen LogP contribution in [0.3, 0.4) is 0 Å². The maximum absolute atomic E-state index is 5.51. The molecular weight excluding hydrogens is 236 g/mol. The average molecular weight is 248 g/mol. The smallest absolute Gasteiger partial charge is 0.198 e. The highest BCUT2D eigenvalue weighted by Crippen LogP contribution is 2.33. The van der Waals surface area contributed by atoms with Crippen molar-refractivity contribution >= 4 is 17.6 Å². The van der Waals surface area contributed by atoms with Crippen LogP contribution in [0.15, 0.2) is 12.4 Å². The van der Waals surface area contributed by atoms with Gasteiger partial charge in [-0.25, -0.2) is 20.8 Å².